The van der Waals surface area contributed by atoms with Gasteiger partial charge in [-0.3, -0.25) is 10.1 Å². The van der Waals surface area contributed by atoms with E-state index in [-0.39, 0.29) is 11.9 Å². The quantitative estimate of drug-likeness (QED) is 0.537. The summed E-state index contributed by atoms with van der Waals surface area (Å²) in [5, 5.41) is 3.54. The Labute approximate surface area is 168 Å². The number of hydrogen-bond acceptors (Lipinski definition) is 4. The number of aromatic amines is 1. The zero-order valence-corrected chi connectivity index (χ0v) is 16.3. The molecule has 0 radical (unpaired) electrons. The van der Waals surface area contributed by atoms with Crippen molar-refractivity contribution in [3.8, 4) is 5.75 Å². The van der Waals surface area contributed by atoms with Gasteiger partial charge in [0.05, 0.1) is 7.11 Å². The highest BCUT2D eigenvalue weighted by atomic mass is 16.5. The Kier molecular flexibility index (Phi) is 5.22. The molecule has 1 aromatic heterocycles. The standard InChI is InChI=1S/C22H24N4O3/c1-29-17-4-2-3-14(9-17)11-20-21(27)25-22(28)26(20)13-15-5-6-19-18(10-15)16(7-8-23)12-24-19/h2-6,9-10,12,20,24H,7-8,11,13,23H2,1H3,(H,25,27,28). The minimum Gasteiger partial charge on any atom is -0.497 e. The first-order valence-corrected chi connectivity index (χ1v) is 9.62. The lowest BCUT2D eigenvalue weighted by molar-refractivity contribution is -0.121. The van der Waals surface area contributed by atoms with Crippen LogP contribution in [0.15, 0.2) is 48.7 Å². The van der Waals surface area contributed by atoms with E-state index < -0.39 is 6.04 Å². The van der Waals surface area contributed by atoms with Crippen molar-refractivity contribution in [2.45, 2.75) is 25.4 Å². The van der Waals surface area contributed by atoms with Gasteiger partial charge in [0.25, 0.3) is 5.91 Å². The number of nitrogens with one attached hydrogen (secondary N) is 2. The normalized spacial score (nSPS) is 16.5. The van der Waals surface area contributed by atoms with Gasteiger partial charge < -0.3 is 20.4 Å². The number of aromatic nitrogens is 1. The van der Waals surface area contributed by atoms with Crippen LogP contribution in [0.25, 0.3) is 10.9 Å². The second-order valence-electron chi connectivity index (χ2n) is 7.23. The number of benzene rings is 2. The van der Waals surface area contributed by atoms with Gasteiger partial charge >= 0.3 is 6.03 Å². The lowest BCUT2D eigenvalue weighted by atomic mass is 10.0. The van der Waals surface area contributed by atoms with Crippen molar-refractivity contribution in [2.24, 2.45) is 5.73 Å². The molecule has 1 unspecified atom stereocenters. The Morgan fingerprint density at radius 2 is 2.00 bits per heavy atom. The Hall–Kier alpha value is -3.32. The van der Waals surface area contributed by atoms with Crippen molar-refractivity contribution in [3.05, 3.63) is 65.4 Å². The van der Waals surface area contributed by atoms with Crippen LogP contribution in [-0.4, -0.2) is 41.5 Å². The van der Waals surface area contributed by atoms with E-state index in [4.69, 9.17) is 10.5 Å². The van der Waals surface area contributed by atoms with Gasteiger partial charge in [-0.1, -0.05) is 18.2 Å². The van der Waals surface area contributed by atoms with Gasteiger partial charge in [0, 0.05) is 30.1 Å². The third-order valence-corrected chi connectivity index (χ3v) is 5.33. The van der Waals surface area contributed by atoms with Crippen molar-refractivity contribution >= 4 is 22.8 Å². The number of rotatable bonds is 7. The van der Waals surface area contributed by atoms with Crippen LogP contribution >= 0.6 is 0 Å². The SMILES string of the molecule is COc1cccc(CC2C(=O)NC(=O)N2Cc2ccc3[nH]cc(CCN)c3c2)c1. The number of fused-ring (bicyclic) bond motifs is 1. The molecule has 1 atom stereocenters. The molecule has 1 aliphatic rings. The topological polar surface area (TPSA) is 100 Å². The molecule has 4 N–H and O–H groups in total. The Balaban J connectivity index is 1.58. The van der Waals surface area contributed by atoms with Crippen LogP contribution in [0.4, 0.5) is 4.79 Å². The zero-order chi connectivity index (χ0) is 20.4. The number of urea groups is 1. The molecule has 3 aromatic rings. The second kappa shape index (κ2) is 7.97. The average Bonchev–Trinajstić information content (AvgIpc) is 3.24. The number of hydrogen-bond donors (Lipinski definition) is 3. The molecule has 1 saturated heterocycles. The highest BCUT2D eigenvalue weighted by Crippen LogP contribution is 2.24. The summed E-state index contributed by atoms with van der Waals surface area (Å²) in [5.41, 5.74) is 9.80. The minimum absolute atomic E-state index is 0.274. The Bertz CT molecular complexity index is 1060. The van der Waals surface area contributed by atoms with Crippen LogP contribution in [-0.2, 0) is 24.2 Å². The molecule has 0 spiro atoms. The van der Waals surface area contributed by atoms with Crippen LogP contribution in [0, 0.1) is 0 Å². The van der Waals surface area contributed by atoms with E-state index >= 15 is 0 Å². The highest BCUT2D eigenvalue weighted by molar-refractivity contribution is 6.04. The van der Waals surface area contributed by atoms with Gasteiger partial charge in [0.1, 0.15) is 11.8 Å². The van der Waals surface area contributed by atoms with Gasteiger partial charge in [-0.25, -0.2) is 4.79 Å². The molecule has 0 bridgehead atoms. The molecular formula is C22H24N4O3. The predicted octanol–water partition coefficient (Wildman–Crippen LogP) is 2.34. The summed E-state index contributed by atoms with van der Waals surface area (Å²) in [6.07, 6.45) is 3.18. The van der Waals surface area contributed by atoms with E-state index in [1.54, 1.807) is 12.0 Å². The number of carbonyl (C=O) groups is 2. The Morgan fingerprint density at radius 1 is 1.14 bits per heavy atom. The fourth-order valence-electron chi connectivity index (χ4n) is 3.83. The third-order valence-electron chi connectivity index (χ3n) is 5.33. The predicted molar refractivity (Wildman–Crippen MR) is 111 cm³/mol. The van der Waals surface area contributed by atoms with Crippen molar-refractivity contribution in [3.63, 3.8) is 0 Å². The molecule has 2 heterocycles. The molecule has 2 aromatic carbocycles. The van der Waals surface area contributed by atoms with Crippen molar-refractivity contribution in [1.82, 2.24) is 15.2 Å². The molecule has 0 saturated carbocycles. The number of ether oxygens (including phenoxy) is 1. The molecule has 29 heavy (non-hydrogen) atoms. The molecule has 0 aliphatic carbocycles. The second-order valence-corrected chi connectivity index (χ2v) is 7.23. The molecule has 7 nitrogen and oxygen atoms in total. The van der Waals surface area contributed by atoms with E-state index in [1.807, 2.05) is 42.6 Å². The van der Waals surface area contributed by atoms with Gasteiger partial charge in [-0.05, 0) is 53.9 Å². The number of amides is 3. The number of nitrogens with zero attached hydrogens (tertiary/aromatic N) is 1. The first-order valence-electron chi connectivity index (χ1n) is 9.62. The number of nitrogens with two attached hydrogens (primary N) is 1. The van der Waals surface area contributed by atoms with Crippen LogP contribution in [0.3, 0.4) is 0 Å². The van der Waals surface area contributed by atoms with E-state index in [9.17, 15) is 9.59 Å². The van der Waals surface area contributed by atoms with Gasteiger partial charge in [-0.15, -0.1) is 0 Å². The van der Waals surface area contributed by atoms with E-state index in [2.05, 4.69) is 16.4 Å². The van der Waals surface area contributed by atoms with Gasteiger partial charge in [0.2, 0.25) is 0 Å². The third kappa shape index (κ3) is 3.82. The molecule has 150 valence electrons. The van der Waals surface area contributed by atoms with Crippen molar-refractivity contribution in [2.75, 3.05) is 13.7 Å². The van der Waals surface area contributed by atoms with Crippen LogP contribution < -0.4 is 15.8 Å². The number of H-pyrrole nitrogens is 1. The van der Waals surface area contributed by atoms with Crippen molar-refractivity contribution < 1.29 is 14.3 Å². The fraction of sp³-hybridized carbons (Fsp3) is 0.273. The highest BCUT2D eigenvalue weighted by Gasteiger charge is 2.38. The lowest BCUT2D eigenvalue weighted by Crippen LogP contribution is -2.36. The van der Waals surface area contributed by atoms with E-state index in [0.717, 1.165) is 39.8 Å². The molecule has 1 aliphatic heterocycles. The summed E-state index contributed by atoms with van der Waals surface area (Å²) in [6.45, 7) is 0.929. The summed E-state index contributed by atoms with van der Waals surface area (Å²) >= 11 is 0. The van der Waals surface area contributed by atoms with Crippen LogP contribution in [0.2, 0.25) is 0 Å². The van der Waals surface area contributed by atoms with Gasteiger partial charge in [-0.2, -0.15) is 0 Å². The number of carbonyl (C=O) groups excluding carboxylic acids is 2. The maximum absolute atomic E-state index is 12.4. The maximum Gasteiger partial charge on any atom is 0.325 e. The first-order chi connectivity index (χ1) is 14.1. The van der Waals surface area contributed by atoms with Crippen LogP contribution in [0.1, 0.15) is 16.7 Å². The molecule has 3 amide bonds. The van der Waals surface area contributed by atoms with Crippen LogP contribution in [0.5, 0.6) is 5.75 Å². The summed E-state index contributed by atoms with van der Waals surface area (Å²) in [4.78, 5) is 29.7. The molecule has 4 rings (SSSR count). The maximum atomic E-state index is 12.4. The lowest BCUT2D eigenvalue weighted by Gasteiger charge is -2.22. The largest absolute Gasteiger partial charge is 0.497 e. The summed E-state index contributed by atoms with van der Waals surface area (Å²) < 4.78 is 5.26. The monoisotopic (exact) mass is 392 g/mol. The van der Waals surface area contributed by atoms with Gasteiger partial charge in [0.15, 0.2) is 0 Å². The number of methoxy groups -OCH3 is 1. The molecular weight excluding hydrogens is 368 g/mol. The summed E-state index contributed by atoms with van der Waals surface area (Å²) in [5.74, 6) is 0.452. The van der Waals surface area contributed by atoms with E-state index in [0.29, 0.717) is 19.5 Å². The smallest absolute Gasteiger partial charge is 0.325 e. The first kappa shape index (κ1) is 19.0. The molecule has 7 heteroatoms. The van der Waals surface area contributed by atoms with Crippen molar-refractivity contribution in [1.29, 1.82) is 0 Å². The average molecular weight is 392 g/mol. The fourth-order valence-corrected chi connectivity index (χ4v) is 3.83. The summed E-state index contributed by atoms with van der Waals surface area (Å²) in [6, 6.07) is 12.7. The zero-order valence-electron chi connectivity index (χ0n) is 16.3. The number of imide groups is 1. The van der Waals surface area contributed by atoms with E-state index in [1.165, 1.54) is 0 Å². The summed E-state index contributed by atoms with van der Waals surface area (Å²) in [7, 11) is 1.60. The Morgan fingerprint density at radius 3 is 2.79 bits per heavy atom. The minimum atomic E-state index is -0.556. The molecule has 1 fully saturated rings.